The van der Waals surface area contributed by atoms with E-state index < -0.39 is 0 Å². The molecule has 3 rings (SSSR count). The average molecular weight is 401 g/mol. The molecule has 5 nitrogen and oxygen atoms in total. The van der Waals surface area contributed by atoms with Gasteiger partial charge in [0.05, 0.1) is 15.6 Å². The molecule has 2 heterocycles. The Balaban J connectivity index is 1.64. The highest BCUT2D eigenvalue weighted by Crippen LogP contribution is 2.34. The van der Waals surface area contributed by atoms with Crippen LogP contribution in [0.4, 0.5) is 5.13 Å². The molecule has 2 aromatic rings. The van der Waals surface area contributed by atoms with Crippen LogP contribution in [0.2, 0.25) is 10.0 Å². The first-order chi connectivity index (χ1) is 11.9. The monoisotopic (exact) mass is 400 g/mol. The molecule has 1 fully saturated rings. The number of carbonyl (C=O) groups excluding carboxylic acids is 1. The Morgan fingerprint density at radius 3 is 3.00 bits per heavy atom. The number of anilines is 1. The molecule has 1 amide bonds. The van der Waals surface area contributed by atoms with E-state index in [2.05, 4.69) is 34.2 Å². The first kappa shape index (κ1) is 18.9. The second kappa shape index (κ2) is 8.18. The average Bonchev–Trinajstić information content (AvgIpc) is 2.96. The fraction of sp³-hybridized carbons (Fsp3) is 0.529. The quantitative estimate of drug-likeness (QED) is 0.828. The van der Waals surface area contributed by atoms with Gasteiger partial charge in [0.15, 0.2) is 5.13 Å². The third-order valence-corrected chi connectivity index (χ3v) is 5.81. The Hall–Kier alpha value is -0.920. The van der Waals surface area contributed by atoms with Crippen molar-refractivity contribution in [3.05, 3.63) is 22.2 Å². The number of likely N-dealkylation sites (N-methyl/N-ethyl adjacent to an activating group) is 1. The summed E-state index contributed by atoms with van der Waals surface area (Å²) in [5, 5.41) is 4.62. The van der Waals surface area contributed by atoms with E-state index in [0.29, 0.717) is 20.7 Å². The van der Waals surface area contributed by atoms with Crippen molar-refractivity contribution in [2.75, 3.05) is 45.6 Å². The van der Waals surface area contributed by atoms with Gasteiger partial charge in [-0.05, 0) is 45.6 Å². The van der Waals surface area contributed by atoms with Gasteiger partial charge >= 0.3 is 0 Å². The zero-order valence-corrected chi connectivity index (χ0v) is 16.7. The number of nitrogens with one attached hydrogen (secondary N) is 1. The van der Waals surface area contributed by atoms with E-state index in [9.17, 15) is 4.79 Å². The lowest BCUT2D eigenvalue weighted by Gasteiger charge is -2.32. The Morgan fingerprint density at radius 2 is 2.24 bits per heavy atom. The number of nitrogens with zero attached hydrogens (tertiary/aromatic N) is 3. The number of aromatic nitrogens is 1. The van der Waals surface area contributed by atoms with E-state index in [1.54, 1.807) is 6.07 Å². The topological polar surface area (TPSA) is 48.5 Å². The zero-order chi connectivity index (χ0) is 18.0. The molecule has 0 spiro atoms. The standard InChI is InChI=1S/C17H22Cl2N4OS/c1-22(2)6-7-23-5-3-4-11(10-23)16(24)21-17-20-15-13(19)8-12(18)9-14(15)25-17/h8-9,11H,3-7,10H2,1-2H3,(H,20,21,24). The highest BCUT2D eigenvalue weighted by molar-refractivity contribution is 7.22. The van der Waals surface area contributed by atoms with Crippen LogP contribution in [0.3, 0.4) is 0 Å². The van der Waals surface area contributed by atoms with Crippen molar-refractivity contribution in [2.24, 2.45) is 5.92 Å². The molecule has 1 aliphatic rings. The summed E-state index contributed by atoms with van der Waals surface area (Å²) in [6.07, 6.45) is 1.97. The van der Waals surface area contributed by atoms with Gasteiger partial charge in [-0.3, -0.25) is 4.79 Å². The summed E-state index contributed by atoms with van der Waals surface area (Å²) >= 11 is 13.6. The fourth-order valence-corrected chi connectivity index (χ4v) is 4.62. The minimum absolute atomic E-state index is 0.00184. The minimum Gasteiger partial charge on any atom is -0.308 e. The fourth-order valence-electron chi connectivity index (χ4n) is 3.03. The third kappa shape index (κ3) is 4.83. The minimum atomic E-state index is 0.00184. The molecule has 1 aromatic carbocycles. The second-order valence-corrected chi connectivity index (χ2v) is 8.56. The first-order valence-corrected chi connectivity index (χ1v) is 9.93. The van der Waals surface area contributed by atoms with Crippen molar-refractivity contribution in [1.29, 1.82) is 0 Å². The molecule has 1 aromatic heterocycles. The third-order valence-electron chi connectivity index (χ3n) is 4.38. The lowest BCUT2D eigenvalue weighted by Crippen LogP contribution is -2.43. The number of amides is 1. The van der Waals surface area contributed by atoms with Gasteiger partial charge in [0.2, 0.25) is 5.91 Å². The maximum absolute atomic E-state index is 12.6. The maximum atomic E-state index is 12.6. The molecule has 0 radical (unpaired) electrons. The number of hydrogen-bond donors (Lipinski definition) is 1. The van der Waals surface area contributed by atoms with Crippen molar-refractivity contribution in [2.45, 2.75) is 12.8 Å². The predicted molar refractivity (Wildman–Crippen MR) is 106 cm³/mol. The Labute approximate surface area is 161 Å². The van der Waals surface area contributed by atoms with E-state index in [1.165, 1.54) is 11.3 Å². The summed E-state index contributed by atoms with van der Waals surface area (Å²) in [7, 11) is 4.14. The first-order valence-electron chi connectivity index (χ1n) is 8.36. The molecule has 25 heavy (non-hydrogen) atoms. The van der Waals surface area contributed by atoms with Gasteiger partial charge in [-0.1, -0.05) is 34.5 Å². The molecule has 0 bridgehead atoms. The molecular formula is C17H22Cl2N4OS. The number of likely N-dealkylation sites (tertiary alicyclic amines) is 1. The second-order valence-electron chi connectivity index (χ2n) is 6.69. The van der Waals surface area contributed by atoms with Gasteiger partial charge in [-0.25, -0.2) is 4.98 Å². The zero-order valence-electron chi connectivity index (χ0n) is 14.4. The van der Waals surface area contributed by atoms with Crippen LogP contribution in [-0.2, 0) is 4.79 Å². The molecule has 1 atom stereocenters. The summed E-state index contributed by atoms with van der Waals surface area (Å²) in [5.74, 6) is 0.0396. The molecule has 1 aliphatic heterocycles. The van der Waals surface area contributed by atoms with E-state index in [-0.39, 0.29) is 11.8 Å². The molecule has 8 heteroatoms. The molecule has 0 aliphatic carbocycles. The lowest BCUT2D eigenvalue weighted by atomic mass is 9.97. The van der Waals surface area contributed by atoms with Crippen molar-refractivity contribution in [3.63, 3.8) is 0 Å². The van der Waals surface area contributed by atoms with Crippen LogP contribution in [-0.4, -0.2) is 61.0 Å². The van der Waals surface area contributed by atoms with E-state index in [0.717, 1.165) is 43.7 Å². The number of thiazole rings is 1. The van der Waals surface area contributed by atoms with E-state index in [4.69, 9.17) is 23.2 Å². The van der Waals surface area contributed by atoms with Crippen LogP contribution in [0.1, 0.15) is 12.8 Å². The van der Waals surface area contributed by atoms with Gasteiger partial charge in [0, 0.05) is 24.7 Å². The maximum Gasteiger partial charge on any atom is 0.230 e. The number of carbonyl (C=O) groups is 1. The van der Waals surface area contributed by atoms with Crippen molar-refractivity contribution < 1.29 is 4.79 Å². The van der Waals surface area contributed by atoms with Gasteiger partial charge in [0.1, 0.15) is 5.52 Å². The normalized spacial score (nSPS) is 18.8. The van der Waals surface area contributed by atoms with E-state index >= 15 is 0 Å². The van der Waals surface area contributed by atoms with Gasteiger partial charge < -0.3 is 15.1 Å². The molecule has 1 unspecified atom stereocenters. The lowest BCUT2D eigenvalue weighted by molar-refractivity contribution is -0.121. The van der Waals surface area contributed by atoms with Crippen LogP contribution < -0.4 is 5.32 Å². The van der Waals surface area contributed by atoms with Crippen molar-refractivity contribution >= 4 is 55.8 Å². The van der Waals surface area contributed by atoms with Crippen LogP contribution in [0.25, 0.3) is 10.2 Å². The Kier molecular flexibility index (Phi) is 6.17. The number of halogens is 2. The van der Waals surface area contributed by atoms with Crippen LogP contribution >= 0.6 is 34.5 Å². The molecule has 0 saturated carbocycles. The summed E-state index contributed by atoms with van der Waals surface area (Å²) < 4.78 is 0.879. The van der Waals surface area contributed by atoms with E-state index in [1.807, 2.05) is 6.07 Å². The van der Waals surface area contributed by atoms with Gasteiger partial charge in [-0.2, -0.15) is 0 Å². The smallest absolute Gasteiger partial charge is 0.230 e. The molecule has 136 valence electrons. The molecule has 1 saturated heterocycles. The van der Waals surface area contributed by atoms with Crippen LogP contribution in [0, 0.1) is 5.92 Å². The molecule has 1 N–H and O–H groups in total. The number of hydrogen-bond acceptors (Lipinski definition) is 5. The Bertz CT molecular complexity index is 764. The highest BCUT2D eigenvalue weighted by Gasteiger charge is 2.26. The number of benzene rings is 1. The largest absolute Gasteiger partial charge is 0.308 e. The summed E-state index contributed by atoms with van der Waals surface area (Å²) in [6.45, 7) is 3.86. The number of rotatable bonds is 5. The van der Waals surface area contributed by atoms with Gasteiger partial charge in [-0.15, -0.1) is 0 Å². The summed E-state index contributed by atoms with van der Waals surface area (Å²) in [5.41, 5.74) is 0.683. The number of piperidine rings is 1. The molecular weight excluding hydrogens is 379 g/mol. The van der Waals surface area contributed by atoms with Crippen molar-refractivity contribution in [1.82, 2.24) is 14.8 Å². The van der Waals surface area contributed by atoms with Gasteiger partial charge in [0.25, 0.3) is 0 Å². The summed E-state index contributed by atoms with van der Waals surface area (Å²) in [4.78, 5) is 21.6. The Morgan fingerprint density at radius 1 is 1.44 bits per heavy atom. The summed E-state index contributed by atoms with van der Waals surface area (Å²) in [6, 6.07) is 3.49. The van der Waals surface area contributed by atoms with Crippen LogP contribution in [0.5, 0.6) is 0 Å². The SMILES string of the molecule is CN(C)CCN1CCCC(C(=O)Nc2nc3c(Cl)cc(Cl)cc3s2)C1. The number of fused-ring (bicyclic) bond motifs is 1. The van der Waals surface area contributed by atoms with Crippen LogP contribution in [0.15, 0.2) is 12.1 Å². The van der Waals surface area contributed by atoms with Crippen molar-refractivity contribution in [3.8, 4) is 0 Å². The highest BCUT2D eigenvalue weighted by atomic mass is 35.5. The predicted octanol–water partition coefficient (Wildman–Crippen LogP) is 3.82.